The van der Waals surface area contributed by atoms with Gasteiger partial charge < -0.3 is 19.9 Å². The molecule has 1 aliphatic carbocycles. The van der Waals surface area contributed by atoms with E-state index in [0.717, 1.165) is 29.7 Å². The maximum Gasteiger partial charge on any atom is 0.251 e. The smallest absolute Gasteiger partial charge is 0.251 e. The van der Waals surface area contributed by atoms with Gasteiger partial charge in [-0.1, -0.05) is 66.2 Å². The molecule has 1 saturated heterocycles. The van der Waals surface area contributed by atoms with Gasteiger partial charge in [0.25, 0.3) is 5.91 Å². The summed E-state index contributed by atoms with van der Waals surface area (Å²) in [7, 11) is -3.47. The van der Waals surface area contributed by atoms with E-state index < -0.39 is 16.1 Å². The fraction of sp³-hybridized carbons (Fsp3) is 0.316. The van der Waals surface area contributed by atoms with Crippen molar-refractivity contribution in [2.24, 2.45) is 5.92 Å². The summed E-state index contributed by atoms with van der Waals surface area (Å²) < 4.78 is 33.0. The van der Waals surface area contributed by atoms with Crippen LogP contribution in [-0.4, -0.2) is 70.2 Å². The highest BCUT2D eigenvalue weighted by Crippen LogP contribution is 2.37. The van der Waals surface area contributed by atoms with Crippen molar-refractivity contribution >= 4 is 44.8 Å². The van der Waals surface area contributed by atoms with E-state index in [4.69, 9.17) is 16.3 Å². The number of sulfonamides is 1. The number of nitrogens with one attached hydrogen (secondary N) is 1. The van der Waals surface area contributed by atoms with Crippen LogP contribution in [0.1, 0.15) is 34.3 Å². The normalized spacial score (nSPS) is 15.4. The Hall–Kier alpha value is -4.54. The molecular formula is C38H41ClN4O5S. The minimum absolute atomic E-state index is 0.175. The number of benzene rings is 4. The lowest BCUT2D eigenvalue weighted by Gasteiger charge is -2.39. The minimum Gasteiger partial charge on any atom is -0.489 e. The SMILES string of the molecule is CS(=O)(=O)N(CC1CC1)c1ccccc1N1CCN(C(=O)C(Cc2ccc(Cl)cc2)NC(=O)c2ccc(OCc3ccccc3)cc2)CC1. The first-order valence-corrected chi connectivity index (χ1v) is 18.8. The molecule has 1 aliphatic heterocycles. The van der Waals surface area contributed by atoms with Crippen LogP contribution >= 0.6 is 11.6 Å². The number of ether oxygens (including phenoxy) is 1. The zero-order valence-corrected chi connectivity index (χ0v) is 29.1. The molecule has 49 heavy (non-hydrogen) atoms. The van der Waals surface area contributed by atoms with Gasteiger partial charge in [0.2, 0.25) is 15.9 Å². The van der Waals surface area contributed by atoms with Gasteiger partial charge in [0, 0.05) is 49.7 Å². The third kappa shape index (κ3) is 9.13. The van der Waals surface area contributed by atoms with E-state index in [1.165, 1.54) is 10.6 Å². The van der Waals surface area contributed by atoms with Crippen LogP contribution in [0.2, 0.25) is 5.02 Å². The fourth-order valence-corrected chi connectivity index (χ4v) is 7.14. The van der Waals surface area contributed by atoms with Crippen LogP contribution in [0.15, 0.2) is 103 Å². The molecule has 6 rings (SSSR count). The average molecular weight is 701 g/mol. The largest absolute Gasteiger partial charge is 0.489 e. The van der Waals surface area contributed by atoms with Gasteiger partial charge in [-0.25, -0.2) is 8.42 Å². The quantitative estimate of drug-likeness (QED) is 0.190. The minimum atomic E-state index is -3.47. The van der Waals surface area contributed by atoms with Crippen molar-refractivity contribution in [1.29, 1.82) is 0 Å². The second-order valence-corrected chi connectivity index (χ2v) is 15.0. The second kappa shape index (κ2) is 15.3. The molecule has 2 fully saturated rings. The molecule has 0 radical (unpaired) electrons. The second-order valence-electron chi connectivity index (χ2n) is 12.7. The lowest BCUT2D eigenvalue weighted by molar-refractivity contribution is -0.133. The number of carbonyl (C=O) groups is 2. The Morgan fingerprint density at radius 3 is 2.16 bits per heavy atom. The van der Waals surface area contributed by atoms with E-state index in [1.54, 1.807) is 41.3 Å². The third-order valence-corrected chi connectivity index (χ3v) is 10.3. The molecular weight excluding hydrogens is 660 g/mol. The summed E-state index contributed by atoms with van der Waals surface area (Å²) in [4.78, 5) is 31.4. The lowest BCUT2D eigenvalue weighted by Crippen LogP contribution is -2.55. The molecule has 1 N–H and O–H groups in total. The summed E-state index contributed by atoms with van der Waals surface area (Å²) in [6.45, 7) is 2.79. The number of rotatable bonds is 13. The van der Waals surface area contributed by atoms with Crippen LogP contribution in [0, 0.1) is 5.92 Å². The van der Waals surface area contributed by atoms with Gasteiger partial charge in [-0.2, -0.15) is 0 Å². The van der Waals surface area contributed by atoms with Crippen molar-refractivity contribution < 1.29 is 22.7 Å². The number of hydrogen-bond donors (Lipinski definition) is 1. The van der Waals surface area contributed by atoms with E-state index in [2.05, 4.69) is 10.2 Å². The Balaban J connectivity index is 1.13. The molecule has 1 unspecified atom stereocenters. The van der Waals surface area contributed by atoms with Crippen molar-refractivity contribution in [1.82, 2.24) is 10.2 Å². The fourth-order valence-electron chi connectivity index (χ4n) is 6.02. The number of anilines is 2. The van der Waals surface area contributed by atoms with Gasteiger partial charge in [-0.15, -0.1) is 0 Å². The Morgan fingerprint density at radius 2 is 1.51 bits per heavy atom. The molecule has 11 heteroatoms. The number of amides is 2. The van der Waals surface area contributed by atoms with Crippen LogP contribution in [0.5, 0.6) is 5.75 Å². The molecule has 1 heterocycles. The first kappa shape index (κ1) is 34.3. The lowest BCUT2D eigenvalue weighted by atomic mass is 10.0. The molecule has 0 bridgehead atoms. The molecule has 0 spiro atoms. The van der Waals surface area contributed by atoms with Gasteiger partial charge in [0.15, 0.2) is 0 Å². The molecule has 1 saturated carbocycles. The number of para-hydroxylation sites is 2. The molecule has 1 atom stereocenters. The topological polar surface area (TPSA) is 99.3 Å². The predicted octanol–water partition coefficient (Wildman–Crippen LogP) is 5.78. The highest BCUT2D eigenvalue weighted by Gasteiger charge is 2.33. The van der Waals surface area contributed by atoms with Gasteiger partial charge in [0.05, 0.1) is 17.6 Å². The highest BCUT2D eigenvalue weighted by molar-refractivity contribution is 7.92. The molecule has 4 aromatic rings. The maximum absolute atomic E-state index is 14.0. The average Bonchev–Trinajstić information content (AvgIpc) is 3.95. The van der Waals surface area contributed by atoms with Gasteiger partial charge >= 0.3 is 0 Å². The van der Waals surface area contributed by atoms with Crippen molar-refractivity contribution in [2.45, 2.75) is 31.9 Å². The Morgan fingerprint density at radius 1 is 0.857 bits per heavy atom. The highest BCUT2D eigenvalue weighted by atomic mass is 35.5. The summed E-state index contributed by atoms with van der Waals surface area (Å²) in [6, 6.07) is 30.8. The monoisotopic (exact) mass is 700 g/mol. The summed E-state index contributed by atoms with van der Waals surface area (Å²) in [5.41, 5.74) is 3.84. The number of carbonyl (C=O) groups excluding carboxylic acids is 2. The van der Waals surface area contributed by atoms with Crippen molar-refractivity contribution in [2.75, 3.05) is 48.2 Å². The van der Waals surface area contributed by atoms with Gasteiger partial charge in [0.1, 0.15) is 18.4 Å². The first-order chi connectivity index (χ1) is 23.6. The van der Waals surface area contributed by atoms with Crippen molar-refractivity contribution in [3.05, 3.63) is 125 Å². The van der Waals surface area contributed by atoms with Crippen LogP contribution in [0.25, 0.3) is 0 Å². The summed E-state index contributed by atoms with van der Waals surface area (Å²) in [5, 5.41) is 3.58. The van der Waals surface area contributed by atoms with E-state index in [0.29, 0.717) is 73.7 Å². The third-order valence-electron chi connectivity index (χ3n) is 8.93. The molecule has 2 aliphatic rings. The van der Waals surface area contributed by atoms with Crippen molar-refractivity contribution in [3.8, 4) is 5.75 Å². The summed E-state index contributed by atoms with van der Waals surface area (Å²) in [5.74, 6) is 0.494. The van der Waals surface area contributed by atoms with Crippen LogP contribution in [-0.2, 0) is 27.8 Å². The maximum atomic E-state index is 14.0. The first-order valence-electron chi connectivity index (χ1n) is 16.6. The number of hydrogen-bond acceptors (Lipinski definition) is 6. The standard InChI is InChI=1S/C38H41ClN4O5S/c1-49(46,47)43(26-29-11-12-29)36-10-6-5-9-35(36)41-21-23-42(24-22-41)38(45)34(25-28-13-17-32(39)18-14-28)40-37(44)31-15-19-33(20-16-31)48-27-30-7-3-2-4-8-30/h2-10,13-20,29,34H,11-12,21-27H2,1H3,(H,40,44). The molecule has 9 nitrogen and oxygen atoms in total. The number of halogens is 1. The van der Waals surface area contributed by atoms with Crippen LogP contribution < -0.4 is 19.3 Å². The number of nitrogens with zero attached hydrogens (tertiary/aromatic N) is 3. The summed E-state index contributed by atoms with van der Waals surface area (Å²) in [6.07, 6.45) is 3.63. The van der Waals surface area contributed by atoms with Gasteiger partial charge in [-0.05, 0) is 78.4 Å². The molecule has 2 amide bonds. The Bertz CT molecular complexity index is 1840. The Labute approximate surface area is 293 Å². The Kier molecular flexibility index (Phi) is 10.7. The van der Waals surface area contributed by atoms with E-state index >= 15 is 0 Å². The van der Waals surface area contributed by atoms with Crippen molar-refractivity contribution in [3.63, 3.8) is 0 Å². The zero-order chi connectivity index (χ0) is 34.4. The predicted molar refractivity (Wildman–Crippen MR) is 194 cm³/mol. The zero-order valence-electron chi connectivity index (χ0n) is 27.5. The van der Waals surface area contributed by atoms with Crippen LogP contribution in [0.4, 0.5) is 11.4 Å². The van der Waals surface area contributed by atoms with Gasteiger partial charge in [-0.3, -0.25) is 13.9 Å². The van der Waals surface area contributed by atoms with E-state index in [9.17, 15) is 18.0 Å². The molecule has 0 aromatic heterocycles. The molecule has 256 valence electrons. The van der Waals surface area contributed by atoms with Crippen LogP contribution in [0.3, 0.4) is 0 Å². The summed E-state index contributed by atoms with van der Waals surface area (Å²) >= 11 is 6.12. The van der Waals surface area contributed by atoms with E-state index in [-0.39, 0.29) is 11.8 Å². The number of piperazine rings is 1. The van der Waals surface area contributed by atoms with E-state index in [1.807, 2.05) is 66.7 Å². The molecule has 4 aromatic carbocycles.